The van der Waals surface area contributed by atoms with Crippen LogP contribution in [-0.2, 0) is 6.42 Å². The van der Waals surface area contributed by atoms with Gasteiger partial charge in [0.1, 0.15) is 0 Å². The SMILES string of the molecule is O=C(NCCc1c[nH]c2ccccc12)Nc1ccc(OCC(F)(F)F)nc1. The molecule has 0 saturated heterocycles. The van der Waals surface area contributed by atoms with Gasteiger partial charge in [0, 0.05) is 29.7 Å². The lowest BCUT2D eigenvalue weighted by molar-refractivity contribution is -0.154. The monoisotopic (exact) mass is 378 g/mol. The molecule has 6 nitrogen and oxygen atoms in total. The number of carbonyl (C=O) groups excluding carboxylic acids is 1. The highest BCUT2D eigenvalue weighted by Crippen LogP contribution is 2.19. The average molecular weight is 378 g/mol. The van der Waals surface area contributed by atoms with Crippen LogP contribution >= 0.6 is 0 Å². The van der Waals surface area contributed by atoms with Crippen LogP contribution in [0.5, 0.6) is 5.88 Å². The lowest BCUT2D eigenvalue weighted by Gasteiger charge is -2.10. The maximum Gasteiger partial charge on any atom is 0.422 e. The molecule has 0 aliphatic carbocycles. The topological polar surface area (TPSA) is 79.0 Å². The van der Waals surface area contributed by atoms with Gasteiger partial charge in [-0.2, -0.15) is 13.2 Å². The van der Waals surface area contributed by atoms with E-state index in [4.69, 9.17) is 0 Å². The summed E-state index contributed by atoms with van der Waals surface area (Å²) >= 11 is 0. The number of aromatic nitrogens is 2. The van der Waals surface area contributed by atoms with Crippen LogP contribution in [0.2, 0.25) is 0 Å². The molecule has 27 heavy (non-hydrogen) atoms. The molecule has 0 atom stereocenters. The first kappa shape index (κ1) is 18.6. The van der Waals surface area contributed by atoms with Crippen molar-refractivity contribution in [3.05, 3.63) is 54.4 Å². The number of para-hydroxylation sites is 1. The van der Waals surface area contributed by atoms with Crippen LogP contribution in [-0.4, -0.2) is 35.3 Å². The number of hydrogen-bond acceptors (Lipinski definition) is 3. The van der Waals surface area contributed by atoms with Gasteiger partial charge < -0.3 is 20.4 Å². The van der Waals surface area contributed by atoms with Crippen molar-refractivity contribution in [1.82, 2.24) is 15.3 Å². The summed E-state index contributed by atoms with van der Waals surface area (Å²) in [4.78, 5) is 18.8. The van der Waals surface area contributed by atoms with Gasteiger partial charge in [-0.3, -0.25) is 0 Å². The van der Waals surface area contributed by atoms with Gasteiger partial charge in [0.15, 0.2) is 6.61 Å². The van der Waals surface area contributed by atoms with E-state index in [1.54, 1.807) is 0 Å². The zero-order valence-corrected chi connectivity index (χ0v) is 14.1. The van der Waals surface area contributed by atoms with Gasteiger partial charge in [-0.1, -0.05) is 18.2 Å². The van der Waals surface area contributed by atoms with Crippen molar-refractivity contribution in [3.8, 4) is 5.88 Å². The zero-order chi connectivity index (χ0) is 19.3. The van der Waals surface area contributed by atoms with Gasteiger partial charge >= 0.3 is 12.2 Å². The fourth-order valence-electron chi connectivity index (χ4n) is 2.52. The Kier molecular flexibility index (Phi) is 5.49. The molecule has 0 aliphatic rings. The number of urea groups is 1. The van der Waals surface area contributed by atoms with Crippen LogP contribution in [0.4, 0.5) is 23.7 Å². The fourth-order valence-corrected chi connectivity index (χ4v) is 2.52. The summed E-state index contributed by atoms with van der Waals surface area (Å²) in [7, 11) is 0. The molecule has 0 spiro atoms. The number of aromatic amines is 1. The Hall–Kier alpha value is -3.23. The van der Waals surface area contributed by atoms with Crippen molar-refractivity contribution in [1.29, 1.82) is 0 Å². The van der Waals surface area contributed by atoms with Gasteiger partial charge in [-0.15, -0.1) is 0 Å². The molecule has 2 amide bonds. The number of pyridine rings is 1. The molecule has 0 aliphatic heterocycles. The molecule has 3 N–H and O–H groups in total. The second kappa shape index (κ2) is 7.98. The van der Waals surface area contributed by atoms with E-state index in [0.717, 1.165) is 16.5 Å². The quantitative estimate of drug-likeness (QED) is 0.609. The largest absolute Gasteiger partial charge is 0.468 e. The van der Waals surface area contributed by atoms with Crippen LogP contribution in [0.15, 0.2) is 48.8 Å². The smallest absolute Gasteiger partial charge is 0.422 e. The minimum atomic E-state index is -4.43. The van der Waals surface area contributed by atoms with Crippen LogP contribution in [0.3, 0.4) is 0 Å². The summed E-state index contributed by atoms with van der Waals surface area (Å²) < 4.78 is 40.7. The maximum absolute atomic E-state index is 12.1. The second-order valence-corrected chi connectivity index (χ2v) is 5.78. The number of benzene rings is 1. The number of nitrogens with one attached hydrogen (secondary N) is 3. The number of ether oxygens (including phenoxy) is 1. The van der Waals surface area contributed by atoms with Gasteiger partial charge in [-0.05, 0) is 24.1 Å². The van der Waals surface area contributed by atoms with E-state index in [-0.39, 0.29) is 5.88 Å². The highest BCUT2D eigenvalue weighted by molar-refractivity contribution is 5.89. The summed E-state index contributed by atoms with van der Waals surface area (Å²) in [5.41, 5.74) is 2.48. The van der Waals surface area contributed by atoms with E-state index < -0.39 is 18.8 Å². The Balaban J connectivity index is 1.45. The Morgan fingerprint density at radius 2 is 2.00 bits per heavy atom. The number of H-pyrrole nitrogens is 1. The fraction of sp³-hybridized carbons (Fsp3) is 0.222. The van der Waals surface area contributed by atoms with Crippen molar-refractivity contribution < 1.29 is 22.7 Å². The van der Waals surface area contributed by atoms with Crippen molar-refractivity contribution in [2.75, 3.05) is 18.5 Å². The first-order valence-electron chi connectivity index (χ1n) is 8.16. The molecular weight excluding hydrogens is 361 g/mol. The standard InChI is InChI=1S/C18H17F3N4O2/c19-18(20,21)11-27-16-6-5-13(10-24-16)25-17(26)22-8-7-12-9-23-15-4-2-1-3-14(12)15/h1-6,9-10,23H,7-8,11H2,(H2,22,25,26). The predicted octanol–water partition coefficient (Wildman–Crippen LogP) is 3.87. The normalized spacial score (nSPS) is 11.4. The van der Waals surface area contributed by atoms with E-state index in [1.807, 2.05) is 30.5 Å². The lowest BCUT2D eigenvalue weighted by atomic mass is 10.1. The number of hydrogen-bond donors (Lipinski definition) is 3. The van der Waals surface area contributed by atoms with Gasteiger partial charge in [0.05, 0.1) is 11.9 Å². The van der Waals surface area contributed by atoms with E-state index in [1.165, 1.54) is 18.3 Å². The molecule has 0 radical (unpaired) electrons. The van der Waals surface area contributed by atoms with Gasteiger partial charge in [0.2, 0.25) is 5.88 Å². The first-order chi connectivity index (χ1) is 12.9. The number of nitrogens with zero attached hydrogens (tertiary/aromatic N) is 1. The molecular formula is C18H17F3N4O2. The summed E-state index contributed by atoms with van der Waals surface area (Å²) in [5.74, 6) is -0.169. The predicted molar refractivity (Wildman–Crippen MR) is 94.8 cm³/mol. The molecule has 0 unspecified atom stereocenters. The van der Waals surface area contributed by atoms with E-state index in [0.29, 0.717) is 18.7 Å². The van der Waals surface area contributed by atoms with Gasteiger partial charge in [-0.25, -0.2) is 9.78 Å². The molecule has 2 heterocycles. The molecule has 3 rings (SSSR count). The van der Waals surface area contributed by atoms with Crippen LogP contribution in [0, 0.1) is 0 Å². The number of amides is 2. The van der Waals surface area contributed by atoms with Crippen molar-refractivity contribution in [2.45, 2.75) is 12.6 Å². The van der Waals surface area contributed by atoms with E-state index >= 15 is 0 Å². The molecule has 0 saturated carbocycles. The Bertz CT molecular complexity index is 907. The van der Waals surface area contributed by atoms with Gasteiger partial charge in [0.25, 0.3) is 0 Å². The van der Waals surface area contributed by atoms with Crippen LogP contribution < -0.4 is 15.4 Å². The molecule has 2 aromatic heterocycles. The number of alkyl halides is 3. The van der Waals surface area contributed by atoms with Crippen molar-refractivity contribution >= 4 is 22.6 Å². The number of anilines is 1. The third-order valence-electron chi connectivity index (χ3n) is 3.73. The van der Waals surface area contributed by atoms with Crippen LogP contribution in [0.25, 0.3) is 10.9 Å². The minimum absolute atomic E-state index is 0.169. The van der Waals surface area contributed by atoms with Crippen LogP contribution in [0.1, 0.15) is 5.56 Å². The maximum atomic E-state index is 12.1. The van der Waals surface area contributed by atoms with Crippen molar-refractivity contribution in [3.63, 3.8) is 0 Å². The highest BCUT2D eigenvalue weighted by atomic mass is 19.4. The van der Waals surface area contributed by atoms with Crippen molar-refractivity contribution in [2.24, 2.45) is 0 Å². The zero-order valence-electron chi connectivity index (χ0n) is 14.1. The average Bonchev–Trinajstić information content (AvgIpc) is 3.04. The summed E-state index contributed by atoms with van der Waals surface area (Å²) in [6.45, 7) is -0.991. The molecule has 9 heteroatoms. The first-order valence-corrected chi connectivity index (χ1v) is 8.16. The highest BCUT2D eigenvalue weighted by Gasteiger charge is 2.28. The second-order valence-electron chi connectivity index (χ2n) is 5.78. The number of halogens is 3. The Morgan fingerprint density at radius 3 is 2.74 bits per heavy atom. The molecule has 0 fully saturated rings. The van der Waals surface area contributed by atoms with E-state index in [9.17, 15) is 18.0 Å². The third kappa shape index (κ3) is 5.37. The summed E-state index contributed by atoms with van der Waals surface area (Å²) in [5, 5.41) is 6.39. The molecule has 3 aromatic rings. The molecule has 142 valence electrons. The summed E-state index contributed by atoms with van der Waals surface area (Å²) in [6.07, 6.45) is -0.637. The minimum Gasteiger partial charge on any atom is -0.468 e. The Morgan fingerprint density at radius 1 is 1.19 bits per heavy atom. The van der Waals surface area contributed by atoms with E-state index in [2.05, 4.69) is 25.3 Å². The summed E-state index contributed by atoms with van der Waals surface area (Å²) in [6, 6.07) is 10.1. The Labute approximate surface area is 152 Å². The lowest BCUT2D eigenvalue weighted by Crippen LogP contribution is -2.30. The number of rotatable bonds is 6. The molecule has 1 aromatic carbocycles. The third-order valence-corrected chi connectivity index (χ3v) is 3.73. The molecule has 0 bridgehead atoms. The number of fused-ring (bicyclic) bond motifs is 1. The number of carbonyl (C=O) groups is 1.